The molecular formula is C27H32N2O6. The van der Waals surface area contributed by atoms with Crippen LogP contribution in [0.25, 0.3) is 0 Å². The summed E-state index contributed by atoms with van der Waals surface area (Å²) in [6, 6.07) is 13.0. The van der Waals surface area contributed by atoms with Crippen LogP contribution in [0.5, 0.6) is 11.5 Å². The first-order valence-corrected chi connectivity index (χ1v) is 12.5. The lowest BCUT2D eigenvalue weighted by Gasteiger charge is -2.48. The molecule has 0 atom stereocenters. The Labute approximate surface area is 205 Å². The van der Waals surface area contributed by atoms with E-state index in [1.54, 1.807) is 4.90 Å². The summed E-state index contributed by atoms with van der Waals surface area (Å²) in [5.74, 6) is 1.79. The van der Waals surface area contributed by atoms with Gasteiger partial charge in [-0.05, 0) is 79.6 Å². The molecule has 0 unspecified atom stereocenters. The van der Waals surface area contributed by atoms with Crippen LogP contribution >= 0.6 is 0 Å². The summed E-state index contributed by atoms with van der Waals surface area (Å²) in [5, 5.41) is 9.34. The highest BCUT2D eigenvalue weighted by Gasteiger charge is 2.40. The van der Waals surface area contributed by atoms with E-state index in [9.17, 15) is 9.90 Å². The molecular weight excluding hydrogens is 448 g/mol. The molecule has 0 aromatic heterocycles. The molecule has 4 aliphatic rings. The molecule has 6 rings (SSSR count). The Morgan fingerprint density at radius 2 is 1.31 bits per heavy atom. The van der Waals surface area contributed by atoms with Gasteiger partial charge in [-0.15, -0.1) is 0 Å². The van der Waals surface area contributed by atoms with E-state index in [1.807, 2.05) is 0 Å². The fourth-order valence-electron chi connectivity index (χ4n) is 6.10. The molecule has 2 aromatic carbocycles. The van der Waals surface area contributed by atoms with Crippen molar-refractivity contribution in [3.05, 3.63) is 58.7 Å². The number of rotatable bonds is 3. The quantitative estimate of drug-likeness (QED) is 0.699. The van der Waals surface area contributed by atoms with Crippen molar-refractivity contribution in [3.8, 4) is 11.5 Å². The van der Waals surface area contributed by atoms with Gasteiger partial charge in [0.2, 0.25) is 0 Å². The van der Waals surface area contributed by atoms with Crippen molar-refractivity contribution in [2.75, 3.05) is 39.8 Å². The summed E-state index contributed by atoms with van der Waals surface area (Å²) in [6.07, 6.45) is 3.30. The SMILES string of the molecule is O=C(O)N1CCC2(CC1)CCN(C(c1ccc3c(c1)COCO3)c1ccc3c(c1)COCO3)CC2. The van der Waals surface area contributed by atoms with E-state index < -0.39 is 6.09 Å². The van der Waals surface area contributed by atoms with Gasteiger partial charge in [0.05, 0.1) is 19.3 Å². The fraction of sp³-hybridized carbons (Fsp3) is 0.519. The Kier molecular flexibility index (Phi) is 6.04. The number of nitrogens with zero attached hydrogens (tertiary/aromatic N) is 2. The van der Waals surface area contributed by atoms with Gasteiger partial charge in [-0.25, -0.2) is 4.79 Å². The number of ether oxygens (including phenoxy) is 4. The van der Waals surface area contributed by atoms with Crippen LogP contribution in [0.1, 0.15) is 54.0 Å². The minimum Gasteiger partial charge on any atom is -0.467 e. The number of carboxylic acid groups (broad SMARTS) is 1. The molecule has 35 heavy (non-hydrogen) atoms. The van der Waals surface area contributed by atoms with Crippen molar-refractivity contribution in [3.63, 3.8) is 0 Å². The van der Waals surface area contributed by atoms with Crippen molar-refractivity contribution in [1.29, 1.82) is 0 Å². The van der Waals surface area contributed by atoms with Gasteiger partial charge in [0.25, 0.3) is 0 Å². The van der Waals surface area contributed by atoms with Gasteiger partial charge >= 0.3 is 6.09 Å². The average molecular weight is 481 g/mol. The molecule has 8 heteroatoms. The topological polar surface area (TPSA) is 80.7 Å². The Morgan fingerprint density at radius 3 is 1.83 bits per heavy atom. The van der Waals surface area contributed by atoms with Crippen molar-refractivity contribution >= 4 is 6.09 Å². The number of benzene rings is 2. The largest absolute Gasteiger partial charge is 0.467 e. The molecule has 0 aliphatic carbocycles. The first-order chi connectivity index (χ1) is 17.1. The molecule has 2 fully saturated rings. The van der Waals surface area contributed by atoms with Crippen LogP contribution < -0.4 is 9.47 Å². The van der Waals surface area contributed by atoms with Crippen molar-refractivity contribution in [1.82, 2.24) is 9.80 Å². The van der Waals surface area contributed by atoms with E-state index in [2.05, 4.69) is 41.3 Å². The second-order valence-electron chi connectivity index (χ2n) is 10.2. The van der Waals surface area contributed by atoms with Crippen molar-refractivity contribution < 1.29 is 28.8 Å². The molecule has 0 radical (unpaired) electrons. The summed E-state index contributed by atoms with van der Waals surface area (Å²) in [4.78, 5) is 15.5. The average Bonchev–Trinajstić information content (AvgIpc) is 2.90. The van der Waals surface area contributed by atoms with E-state index in [-0.39, 0.29) is 11.5 Å². The van der Waals surface area contributed by atoms with Gasteiger partial charge in [0, 0.05) is 24.2 Å². The zero-order valence-corrected chi connectivity index (χ0v) is 19.9. The second-order valence-corrected chi connectivity index (χ2v) is 10.2. The smallest absolute Gasteiger partial charge is 0.407 e. The summed E-state index contributed by atoms with van der Waals surface area (Å²) in [7, 11) is 0. The number of piperidine rings is 2. The summed E-state index contributed by atoms with van der Waals surface area (Å²) < 4.78 is 22.4. The molecule has 4 heterocycles. The van der Waals surface area contributed by atoms with Crippen LogP contribution in [-0.4, -0.2) is 60.8 Å². The van der Waals surface area contributed by atoms with Crippen molar-refractivity contribution in [2.45, 2.75) is 44.9 Å². The van der Waals surface area contributed by atoms with Crippen LogP contribution in [0.2, 0.25) is 0 Å². The first kappa shape index (κ1) is 22.6. The molecule has 2 aromatic rings. The lowest BCUT2D eigenvalue weighted by atomic mass is 9.71. The fourth-order valence-corrected chi connectivity index (χ4v) is 6.10. The normalized spacial score (nSPS) is 21.7. The van der Waals surface area contributed by atoms with Gasteiger partial charge in [-0.3, -0.25) is 4.90 Å². The zero-order chi connectivity index (χ0) is 23.8. The van der Waals surface area contributed by atoms with Crippen molar-refractivity contribution in [2.24, 2.45) is 5.41 Å². The Balaban J connectivity index is 1.27. The minimum absolute atomic E-state index is 0.103. The molecule has 8 nitrogen and oxygen atoms in total. The van der Waals surface area contributed by atoms with Crippen LogP contribution in [0.3, 0.4) is 0 Å². The molecule has 1 N–H and O–H groups in total. The number of hydrogen-bond donors (Lipinski definition) is 1. The molecule has 0 bridgehead atoms. The maximum absolute atomic E-state index is 11.4. The molecule has 1 amide bonds. The van der Waals surface area contributed by atoms with Crippen LogP contribution in [0, 0.1) is 5.41 Å². The highest BCUT2D eigenvalue weighted by molar-refractivity contribution is 5.65. The summed E-state index contributed by atoms with van der Waals surface area (Å²) >= 11 is 0. The van der Waals surface area contributed by atoms with Gasteiger partial charge < -0.3 is 29.0 Å². The first-order valence-electron chi connectivity index (χ1n) is 12.5. The van der Waals surface area contributed by atoms with Gasteiger partial charge in [-0.2, -0.15) is 0 Å². The van der Waals surface area contributed by atoms with Crippen LogP contribution in [0.4, 0.5) is 4.79 Å². The highest BCUT2D eigenvalue weighted by Crippen LogP contribution is 2.45. The molecule has 4 aliphatic heterocycles. The number of likely N-dealkylation sites (tertiary alicyclic amines) is 2. The van der Waals surface area contributed by atoms with Crippen LogP contribution in [0.15, 0.2) is 36.4 Å². The van der Waals surface area contributed by atoms with E-state index in [0.717, 1.165) is 61.4 Å². The number of amides is 1. The third-order valence-electron chi connectivity index (χ3n) is 8.23. The Bertz CT molecular complexity index is 1030. The van der Waals surface area contributed by atoms with E-state index in [1.165, 1.54) is 11.1 Å². The predicted molar refractivity (Wildman–Crippen MR) is 127 cm³/mol. The second kappa shape index (κ2) is 9.33. The van der Waals surface area contributed by atoms with Gasteiger partial charge in [-0.1, -0.05) is 12.1 Å². The van der Waals surface area contributed by atoms with E-state index in [4.69, 9.17) is 18.9 Å². The summed E-state index contributed by atoms with van der Waals surface area (Å²) in [6.45, 7) is 4.97. The maximum atomic E-state index is 11.4. The minimum atomic E-state index is -0.793. The zero-order valence-electron chi connectivity index (χ0n) is 19.9. The highest BCUT2D eigenvalue weighted by atomic mass is 16.7. The molecule has 2 saturated heterocycles. The Hall–Kier alpha value is -2.81. The number of carbonyl (C=O) groups is 1. The predicted octanol–water partition coefficient (Wildman–Crippen LogP) is 4.37. The van der Waals surface area contributed by atoms with E-state index >= 15 is 0 Å². The number of fused-ring (bicyclic) bond motifs is 2. The van der Waals surface area contributed by atoms with E-state index in [0.29, 0.717) is 39.9 Å². The van der Waals surface area contributed by atoms with Gasteiger partial charge in [0.15, 0.2) is 13.6 Å². The molecule has 186 valence electrons. The molecule has 0 saturated carbocycles. The standard InChI is InChI=1S/C27H32N2O6/c30-26(31)29-11-7-27(8-12-29)5-9-28(10-6-27)25(19-1-3-23-21(13-19)15-32-17-34-23)20-2-4-24-22(14-20)16-33-18-35-24/h1-4,13-14,25H,5-12,15-18H2,(H,30,31). The lowest BCUT2D eigenvalue weighted by molar-refractivity contribution is -0.0165. The van der Waals surface area contributed by atoms with Gasteiger partial charge in [0.1, 0.15) is 11.5 Å². The summed E-state index contributed by atoms with van der Waals surface area (Å²) in [5.41, 5.74) is 4.87. The Morgan fingerprint density at radius 1 is 0.800 bits per heavy atom. The van der Waals surface area contributed by atoms with Crippen LogP contribution in [-0.2, 0) is 22.7 Å². The number of hydrogen-bond acceptors (Lipinski definition) is 6. The molecule has 1 spiro atoms. The monoisotopic (exact) mass is 480 g/mol. The maximum Gasteiger partial charge on any atom is 0.407 e. The lowest BCUT2D eigenvalue weighted by Crippen LogP contribution is -2.48. The third-order valence-corrected chi connectivity index (χ3v) is 8.23. The third kappa shape index (κ3) is 4.46.